The van der Waals surface area contributed by atoms with E-state index in [1.165, 1.54) is 0 Å². The molecule has 0 aliphatic carbocycles. The molecular weight excluding hydrogens is 659 g/mol. The third-order valence-corrected chi connectivity index (χ3v) is 8.29. The summed E-state index contributed by atoms with van der Waals surface area (Å²) in [7, 11) is 0. The van der Waals surface area contributed by atoms with Crippen molar-refractivity contribution in [3.05, 3.63) is 135 Å². The number of ether oxygens (including phenoxy) is 2. The first-order valence-electron chi connectivity index (χ1n) is 14.6. The minimum atomic E-state index is -0.183. The summed E-state index contributed by atoms with van der Waals surface area (Å²) >= 11 is 16.0. The van der Waals surface area contributed by atoms with Gasteiger partial charge in [-0.05, 0) is 97.4 Å². The van der Waals surface area contributed by atoms with Crippen LogP contribution in [0.3, 0.4) is 0 Å². The van der Waals surface area contributed by atoms with Crippen molar-refractivity contribution in [2.24, 2.45) is 5.73 Å². The molecule has 4 N–H and O–H groups in total. The van der Waals surface area contributed by atoms with Crippen molar-refractivity contribution in [3.8, 4) is 22.6 Å². The van der Waals surface area contributed by atoms with Gasteiger partial charge in [-0.2, -0.15) is 5.10 Å². The van der Waals surface area contributed by atoms with Gasteiger partial charge in [0.25, 0.3) is 0 Å². The quantitative estimate of drug-likeness (QED) is 0.0751. The third kappa shape index (κ3) is 9.58. The van der Waals surface area contributed by atoms with Gasteiger partial charge < -0.3 is 20.5 Å². The number of rotatable bonds is 15. The van der Waals surface area contributed by atoms with Gasteiger partial charge in [-0.25, -0.2) is 0 Å². The van der Waals surface area contributed by atoms with Crippen molar-refractivity contribution in [1.82, 2.24) is 15.5 Å². The van der Waals surface area contributed by atoms with E-state index in [1.54, 1.807) is 0 Å². The van der Waals surface area contributed by atoms with E-state index in [4.69, 9.17) is 38.4 Å². The third-order valence-electron chi connectivity index (χ3n) is 7.29. The second kappa shape index (κ2) is 16.1. The maximum absolute atomic E-state index is 6.52. The lowest BCUT2D eigenvalue weighted by Crippen LogP contribution is -2.38. The van der Waals surface area contributed by atoms with E-state index in [0.29, 0.717) is 10.0 Å². The first-order valence-corrected chi connectivity index (χ1v) is 16.2. The first kappa shape index (κ1) is 32.1. The molecule has 0 fully saturated rings. The van der Waals surface area contributed by atoms with Crippen LogP contribution in [-0.4, -0.2) is 22.9 Å². The maximum Gasteiger partial charge on any atom is 0.124 e. The first-order chi connectivity index (χ1) is 21.4. The zero-order valence-corrected chi connectivity index (χ0v) is 27.2. The number of hydrogen-bond acceptors (Lipinski definition) is 5. The normalized spacial score (nSPS) is 13.3. The van der Waals surface area contributed by atoms with Crippen molar-refractivity contribution in [2.75, 3.05) is 6.54 Å². The maximum atomic E-state index is 6.52. The summed E-state index contributed by atoms with van der Waals surface area (Å²) in [5.41, 5.74) is 10.8. The molecular formula is C35H35BrCl2N4O2. The second-order valence-electron chi connectivity index (χ2n) is 10.6. The van der Waals surface area contributed by atoms with E-state index in [1.807, 2.05) is 73.1 Å². The van der Waals surface area contributed by atoms with Gasteiger partial charge in [0.15, 0.2) is 0 Å². The number of halogens is 3. The molecule has 228 valence electrons. The van der Waals surface area contributed by atoms with E-state index in [2.05, 4.69) is 67.8 Å². The zero-order valence-electron chi connectivity index (χ0n) is 24.1. The van der Waals surface area contributed by atoms with Gasteiger partial charge in [-0.1, -0.05) is 87.7 Å². The molecule has 1 heterocycles. The molecule has 0 aliphatic rings. The molecule has 6 nitrogen and oxygen atoms in total. The lowest BCUT2D eigenvalue weighted by Gasteiger charge is -2.23. The highest BCUT2D eigenvalue weighted by molar-refractivity contribution is 9.10. The van der Waals surface area contributed by atoms with Crippen molar-refractivity contribution in [1.29, 1.82) is 0 Å². The molecule has 0 spiro atoms. The van der Waals surface area contributed by atoms with E-state index < -0.39 is 0 Å². The van der Waals surface area contributed by atoms with E-state index in [-0.39, 0.29) is 18.4 Å². The summed E-state index contributed by atoms with van der Waals surface area (Å²) in [6, 6.07) is 31.6. The van der Waals surface area contributed by atoms with Crippen molar-refractivity contribution in [2.45, 2.75) is 44.1 Å². The predicted molar refractivity (Wildman–Crippen MR) is 182 cm³/mol. The molecule has 0 aliphatic heterocycles. The molecule has 44 heavy (non-hydrogen) atoms. The smallest absolute Gasteiger partial charge is 0.124 e. The second-order valence-corrected chi connectivity index (χ2v) is 12.4. The van der Waals surface area contributed by atoms with Gasteiger partial charge >= 0.3 is 0 Å². The molecule has 5 rings (SSSR count). The summed E-state index contributed by atoms with van der Waals surface area (Å²) in [6.07, 6.45) is 6.37. The summed E-state index contributed by atoms with van der Waals surface area (Å²) in [4.78, 5) is 0. The van der Waals surface area contributed by atoms with Gasteiger partial charge in [0.1, 0.15) is 23.7 Å². The van der Waals surface area contributed by atoms with Crippen LogP contribution in [0, 0.1) is 0 Å². The Balaban J connectivity index is 1.16. The van der Waals surface area contributed by atoms with Gasteiger partial charge in [0, 0.05) is 26.3 Å². The standard InChI is InChI=1S/C35H35BrCl2N4O2/c36-28-15-13-26(14-16-28)34(44-32-7-2-5-30(38)21-32)17-18-35(39)40-19-3-8-33(43-31-6-1-4-29(37)20-31)25-11-9-24(10-12-25)27-22-41-42-23-27/h1-2,4-7,9-16,20-23,33-35,40H,3,8,17-19,39H2,(H,41,42). The molecule has 1 aromatic heterocycles. The fourth-order valence-electron chi connectivity index (χ4n) is 4.98. The topological polar surface area (TPSA) is 85.2 Å². The van der Waals surface area contributed by atoms with Crippen molar-refractivity contribution < 1.29 is 9.47 Å². The highest BCUT2D eigenvalue weighted by Gasteiger charge is 2.17. The Bertz CT molecular complexity index is 1580. The lowest BCUT2D eigenvalue weighted by atomic mass is 10.0. The van der Waals surface area contributed by atoms with Crippen LogP contribution >= 0.6 is 39.1 Å². The largest absolute Gasteiger partial charge is 0.486 e. The number of benzene rings is 4. The minimum Gasteiger partial charge on any atom is -0.486 e. The van der Waals surface area contributed by atoms with Gasteiger partial charge in [0.05, 0.1) is 12.4 Å². The van der Waals surface area contributed by atoms with Crippen LogP contribution in [0.2, 0.25) is 10.0 Å². The number of hydrogen-bond donors (Lipinski definition) is 3. The molecule has 0 bridgehead atoms. The van der Waals surface area contributed by atoms with E-state index in [9.17, 15) is 0 Å². The van der Waals surface area contributed by atoms with Gasteiger partial charge in [-0.15, -0.1) is 0 Å². The molecule has 0 saturated carbocycles. The SMILES string of the molecule is NC(CCC(Oc1cccc(Cl)c1)c1ccc(Br)cc1)NCCCC(Oc1cccc(Cl)c1)c1ccc(-c2cn[nH]c2)cc1. The Kier molecular flexibility index (Phi) is 11.7. The number of aromatic nitrogens is 2. The molecule has 0 amide bonds. The number of nitrogens with two attached hydrogens (primary N) is 1. The minimum absolute atomic E-state index is 0.141. The molecule has 3 unspecified atom stereocenters. The summed E-state index contributed by atoms with van der Waals surface area (Å²) in [5.74, 6) is 1.47. The Morgan fingerprint density at radius 2 is 1.34 bits per heavy atom. The Hall–Kier alpha value is -3.33. The fraction of sp³-hybridized carbons (Fsp3) is 0.229. The average Bonchev–Trinajstić information content (AvgIpc) is 3.57. The van der Waals surface area contributed by atoms with Crippen LogP contribution < -0.4 is 20.5 Å². The van der Waals surface area contributed by atoms with E-state index in [0.717, 1.165) is 70.5 Å². The van der Waals surface area contributed by atoms with Crippen LogP contribution in [0.5, 0.6) is 11.5 Å². The van der Waals surface area contributed by atoms with Gasteiger partial charge in [0.2, 0.25) is 0 Å². The van der Waals surface area contributed by atoms with E-state index >= 15 is 0 Å². The van der Waals surface area contributed by atoms with Crippen LogP contribution in [0.15, 0.2) is 114 Å². The monoisotopic (exact) mass is 692 g/mol. The van der Waals surface area contributed by atoms with Crippen LogP contribution in [0.25, 0.3) is 11.1 Å². The van der Waals surface area contributed by atoms with Crippen LogP contribution in [0.1, 0.15) is 49.0 Å². The Labute approximate surface area is 277 Å². The number of H-pyrrole nitrogens is 1. The van der Waals surface area contributed by atoms with Crippen molar-refractivity contribution >= 4 is 39.1 Å². The molecule has 0 saturated heterocycles. The Morgan fingerprint density at radius 3 is 1.91 bits per heavy atom. The summed E-state index contributed by atoms with van der Waals surface area (Å²) in [6.45, 7) is 0.752. The van der Waals surface area contributed by atoms with Crippen LogP contribution in [-0.2, 0) is 0 Å². The summed E-state index contributed by atoms with van der Waals surface area (Å²) < 4.78 is 13.8. The zero-order chi connectivity index (χ0) is 30.7. The number of aromatic amines is 1. The molecule has 9 heteroatoms. The molecule has 3 atom stereocenters. The van der Waals surface area contributed by atoms with Gasteiger partial charge in [-0.3, -0.25) is 5.10 Å². The highest BCUT2D eigenvalue weighted by Crippen LogP contribution is 2.31. The summed E-state index contributed by atoms with van der Waals surface area (Å²) in [5, 5.41) is 11.7. The molecule has 4 aromatic carbocycles. The number of nitrogens with zero attached hydrogens (tertiary/aromatic N) is 1. The average molecular weight is 695 g/mol. The lowest BCUT2D eigenvalue weighted by molar-refractivity contribution is 0.183. The predicted octanol–water partition coefficient (Wildman–Crippen LogP) is 9.52. The van der Waals surface area contributed by atoms with Crippen molar-refractivity contribution in [3.63, 3.8) is 0 Å². The Morgan fingerprint density at radius 1 is 0.750 bits per heavy atom. The molecule has 5 aromatic rings. The molecule has 0 radical (unpaired) electrons. The number of nitrogens with one attached hydrogen (secondary N) is 2. The van der Waals surface area contributed by atoms with Crippen LogP contribution in [0.4, 0.5) is 0 Å². The highest BCUT2D eigenvalue weighted by atomic mass is 79.9. The fourth-order valence-corrected chi connectivity index (χ4v) is 5.61.